The number of benzene rings is 1. The lowest BCUT2D eigenvalue weighted by Crippen LogP contribution is -2.49. The van der Waals surface area contributed by atoms with Crippen LogP contribution in [0.1, 0.15) is 5.56 Å². The third kappa shape index (κ3) is 2.96. The van der Waals surface area contributed by atoms with E-state index in [1.165, 1.54) is 11.9 Å². The van der Waals surface area contributed by atoms with Gasteiger partial charge in [-0.15, -0.1) is 16.7 Å². The van der Waals surface area contributed by atoms with Crippen molar-refractivity contribution < 1.29 is 4.79 Å². The monoisotopic (exact) mass is 371 g/mol. The van der Waals surface area contributed by atoms with E-state index in [9.17, 15) is 4.79 Å². The fourth-order valence-corrected chi connectivity index (χ4v) is 3.25. The second-order valence-corrected chi connectivity index (χ2v) is 6.48. The Morgan fingerprint density at radius 1 is 1.12 bits per heavy atom. The first-order valence-corrected chi connectivity index (χ1v) is 8.93. The number of aromatic nitrogens is 5. The van der Waals surface area contributed by atoms with Crippen molar-refractivity contribution in [3.8, 4) is 5.69 Å². The minimum Gasteiger partial charge on any atom is -0.351 e. The lowest BCUT2D eigenvalue weighted by molar-refractivity contribution is -0.128. The molecule has 0 unspecified atom stereocenters. The molecule has 4 rings (SSSR count). The van der Waals surface area contributed by atoms with Gasteiger partial charge < -0.3 is 9.80 Å². The number of hydrogen-bond donors (Lipinski definition) is 0. The zero-order chi connectivity index (χ0) is 18.1. The van der Waals surface area contributed by atoms with Crippen molar-refractivity contribution in [2.24, 2.45) is 0 Å². The first-order valence-electron chi connectivity index (χ1n) is 8.39. The molecular formula is C17H18ClN7O. The lowest BCUT2D eigenvalue weighted by atomic mass is 10.2. The molecule has 9 heteroatoms. The summed E-state index contributed by atoms with van der Waals surface area (Å²) in [6, 6.07) is 8.03. The van der Waals surface area contributed by atoms with Crippen LogP contribution < -0.4 is 4.90 Å². The van der Waals surface area contributed by atoms with Crippen LogP contribution in [0.2, 0.25) is 0 Å². The van der Waals surface area contributed by atoms with Gasteiger partial charge in [0.2, 0.25) is 5.91 Å². The van der Waals surface area contributed by atoms with E-state index in [0.29, 0.717) is 37.3 Å². The average Bonchev–Trinajstić information content (AvgIpc) is 3.12. The van der Waals surface area contributed by atoms with Crippen molar-refractivity contribution >= 4 is 34.5 Å². The minimum absolute atomic E-state index is 0.0165. The summed E-state index contributed by atoms with van der Waals surface area (Å²) >= 11 is 5.64. The molecule has 1 fully saturated rings. The van der Waals surface area contributed by atoms with Crippen molar-refractivity contribution in [3.05, 3.63) is 36.2 Å². The van der Waals surface area contributed by atoms with E-state index in [2.05, 4.69) is 25.2 Å². The van der Waals surface area contributed by atoms with Gasteiger partial charge in [-0.3, -0.25) is 4.79 Å². The van der Waals surface area contributed by atoms with Crippen LogP contribution in [-0.2, 0) is 4.79 Å². The fourth-order valence-electron chi connectivity index (χ4n) is 3.08. The van der Waals surface area contributed by atoms with Crippen LogP contribution in [-0.4, -0.2) is 67.8 Å². The van der Waals surface area contributed by atoms with Gasteiger partial charge in [0.1, 0.15) is 12.2 Å². The molecule has 0 N–H and O–H groups in total. The largest absolute Gasteiger partial charge is 0.351 e. The maximum atomic E-state index is 11.7. The van der Waals surface area contributed by atoms with E-state index in [4.69, 9.17) is 11.6 Å². The Bertz CT molecular complexity index is 932. The maximum absolute atomic E-state index is 11.7. The summed E-state index contributed by atoms with van der Waals surface area (Å²) in [5.74, 6) is 0.721. The molecule has 0 aliphatic carbocycles. The van der Waals surface area contributed by atoms with E-state index in [1.54, 1.807) is 9.58 Å². The second-order valence-electron chi connectivity index (χ2n) is 6.21. The number of piperazine rings is 1. The SMILES string of the molecule is Cc1ccc(-n2nnc3c(N4CCN(C(=O)CCl)CC4)ncnc32)cc1. The Labute approximate surface area is 155 Å². The Balaban J connectivity index is 1.64. The first kappa shape index (κ1) is 16.7. The maximum Gasteiger partial charge on any atom is 0.237 e. The summed E-state index contributed by atoms with van der Waals surface area (Å²) in [7, 11) is 0. The van der Waals surface area contributed by atoms with Gasteiger partial charge in [-0.2, -0.15) is 4.68 Å². The number of amides is 1. The molecule has 1 saturated heterocycles. The second kappa shape index (κ2) is 6.87. The van der Waals surface area contributed by atoms with E-state index >= 15 is 0 Å². The van der Waals surface area contributed by atoms with Gasteiger partial charge >= 0.3 is 0 Å². The van der Waals surface area contributed by atoms with Crippen molar-refractivity contribution in [1.82, 2.24) is 29.9 Å². The Morgan fingerprint density at radius 2 is 1.85 bits per heavy atom. The predicted molar refractivity (Wildman–Crippen MR) is 98.7 cm³/mol. The van der Waals surface area contributed by atoms with Crippen LogP contribution in [0.5, 0.6) is 0 Å². The summed E-state index contributed by atoms with van der Waals surface area (Å²) in [4.78, 5) is 24.4. The summed E-state index contributed by atoms with van der Waals surface area (Å²) < 4.78 is 1.72. The van der Waals surface area contributed by atoms with Crippen LogP contribution in [0.4, 0.5) is 5.82 Å². The molecule has 3 heterocycles. The van der Waals surface area contributed by atoms with Crippen LogP contribution >= 0.6 is 11.6 Å². The molecule has 0 radical (unpaired) electrons. The molecule has 2 aromatic heterocycles. The van der Waals surface area contributed by atoms with Gasteiger partial charge in [0.15, 0.2) is 17.0 Å². The molecule has 1 aliphatic rings. The molecule has 1 amide bonds. The third-order valence-electron chi connectivity index (χ3n) is 4.54. The summed E-state index contributed by atoms with van der Waals surface area (Å²) in [5.41, 5.74) is 3.40. The summed E-state index contributed by atoms with van der Waals surface area (Å²) in [6.45, 7) is 4.61. The number of anilines is 1. The standard InChI is InChI=1S/C17H18ClN7O/c1-12-2-4-13(5-3-12)25-17-15(21-22-25)16(19-11-20-17)24-8-6-23(7-9-24)14(26)10-18/h2-5,11H,6-10H2,1H3. The summed E-state index contributed by atoms with van der Waals surface area (Å²) in [6.07, 6.45) is 1.53. The van der Waals surface area contributed by atoms with Gasteiger partial charge in [-0.05, 0) is 19.1 Å². The molecular weight excluding hydrogens is 354 g/mol. The molecule has 3 aromatic rings. The topological polar surface area (TPSA) is 80.0 Å². The number of halogens is 1. The first-order chi connectivity index (χ1) is 12.7. The highest BCUT2D eigenvalue weighted by atomic mass is 35.5. The number of rotatable bonds is 3. The predicted octanol–water partition coefficient (Wildman–Crippen LogP) is 1.41. The van der Waals surface area contributed by atoms with Crippen LogP contribution in [0, 0.1) is 6.92 Å². The van der Waals surface area contributed by atoms with Crippen molar-refractivity contribution in [2.45, 2.75) is 6.92 Å². The Hall–Kier alpha value is -2.74. The quantitative estimate of drug-likeness (QED) is 0.647. The molecule has 0 spiro atoms. The Kier molecular flexibility index (Phi) is 4.42. The normalized spacial score (nSPS) is 14.8. The number of hydrogen-bond acceptors (Lipinski definition) is 6. The molecule has 134 valence electrons. The minimum atomic E-state index is -0.0375. The number of fused-ring (bicyclic) bond motifs is 1. The highest BCUT2D eigenvalue weighted by Gasteiger charge is 2.24. The van der Waals surface area contributed by atoms with Crippen LogP contribution in [0.15, 0.2) is 30.6 Å². The number of nitrogens with zero attached hydrogens (tertiary/aromatic N) is 7. The highest BCUT2D eigenvalue weighted by Crippen LogP contribution is 2.23. The van der Waals surface area contributed by atoms with Gasteiger partial charge in [-0.25, -0.2) is 9.97 Å². The number of carbonyl (C=O) groups is 1. The highest BCUT2D eigenvalue weighted by molar-refractivity contribution is 6.27. The van der Waals surface area contributed by atoms with Crippen molar-refractivity contribution in [2.75, 3.05) is 37.0 Å². The molecule has 0 bridgehead atoms. The van der Waals surface area contributed by atoms with E-state index in [1.807, 2.05) is 31.2 Å². The van der Waals surface area contributed by atoms with Crippen LogP contribution in [0.3, 0.4) is 0 Å². The lowest BCUT2D eigenvalue weighted by Gasteiger charge is -2.35. The van der Waals surface area contributed by atoms with E-state index < -0.39 is 0 Å². The molecule has 0 saturated carbocycles. The van der Waals surface area contributed by atoms with Crippen LogP contribution in [0.25, 0.3) is 16.9 Å². The van der Waals surface area contributed by atoms with Gasteiger partial charge in [0.05, 0.1) is 5.69 Å². The zero-order valence-corrected chi connectivity index (χ0v) is 15.1. The van der Waals surface area contributed by atoms with Gasteiger partial charge in [-0.1, -0.05) is 22.9 Å². The smallest absolute Gasteiger partial charge is 0.237 e. The van der Waals surface area contributed by atoms with Gasteiger partial charge in [0, 0.05) is 26.2 Å². The van der Waals surface area contributed by atoms with Crippen molar-refractivity contribution in [3.63, 3.8) is 0 Å². The molecule has 26 heavy (non-hydrogen) atoms. The number of alkyl halides is 1. The van der Waals surface area contributed by atoms with Gasteiger partial charge in [0.25, 0.3) is 0 Å². The summed E-state index contributed by atoms with van der Waals surface area (Å²) in [5, 5.41) is 8.57. The zero-order valence-electron chi connectivity index (χ0n) is 14.3. The van der Waals surface area contributed by atoms with Crippen molar-refractivity contribution in [1.29, 1.82) is 0 Å². The average molecular weight is 372 g/mol. The molecule has 8 nitrogen and oxygen atoms in total. The number of aryl methyl sites for hydroxylation is 1. The third-order valence-corrected chi connectivity index (χ3v) is 4.77. The van der Waals surface area contributed by atoms with E-state index in [0.717, 1.165) is 11.5 Å². The molecule has 1 aliphatic heterocycles. The molecule has 0 atom stereocenters. The number of carbonyl (C=O) groups excluding carboxylic acids is 1. The molecule has 1 aromatic carbocycles. The van der Waals surface area contributed by atoms with E-state index in [-0.39, 0.29) is 11.8 Å². The Morgan fingerprint density at radius 3 is 2.54 bits per heavy atom. The fraction of sp³-hybridized carbons (Fsp3) is 0.353.